The molecule has 0 saturated carbocycles. The van der Waals surface area contributed by atoms with E-state index in [4.69, 9.17) is 4.74 Å². The number of amides is 1. The van der Waals surface area contributed by atoms with E-state index in [1.807, 2.05) is 56.4 Å². The molecule has 6 nitrogen and oxygen atoms in total. The summed E-state index contributed by atoms with van der Waals surface area (Å²) in [7, 11) is 1.63. The summed E-state index contributed by atoms with van der Waals surface area (Å²) >= 11 is 0. The summed E-state index contributed by atoms with van der Waals surface area (Å²) in [6, 6.07) is 11.3. The quantitative estimate of drug-likeness (QED) is 0.742. The number of rotatable bonds is 6. The summed E-state index contributed by atoms with van der Waals surface area (Å²) in [5.74, 6) is 0.708. The zero-order chi connectivity index (χ0) is 18.5. The Kier molecular flexibility index (Phi) is 5.31. The van der Waals surface area contributed by atoms with Gasteiger partial charge in [0.05, 0.1) is 37.2 Å². The fraction of sp³-hybridized carbons (Fsp3) is 0.250. The number of aryl methyl sites for hydroxylation is 1. The minimum atomic E-state index is -0.147. The largest absolute Gasteiger partial charge is 0.497 e. The molecule has 0 spiro atoms. The van der Waals surface area contributed by atoms with Crippen molar-refractivity contribution >= 4 is 5.91 Å². The number of hydrogen-bond acceptors (Lipinski definition) is 4. The van der Waals surface area contributed by atoms with E-state index in [-0.39, 0.29) is 18.4 Å². The minimum absolute atomic E-state index is 0.0616. The average Bonchev–Trinajstić information content (AvgIpc) is 3.14. The SMILES string of the molecule is COc1cccc(-n2cc([C@H](C)NC(=O)Cc3ncccc3C)cn2)c1. The molecule has 2 heterocycles. The molecule has 3 aromatic rings. The van der Waals surface area contributed by atoms with Crippen molar-refractivity contribution < 1.29 is 9.53 Å². The van der Waals surface area contributed by atoms with Crippen LogP contribution in [-0.2, 0) is 11.2 Å². The van der Waals surface area contributed by atoms with Crippen molar-refractivity contribution in [3.8, 4) is 11.4 Å². The smallest absolute Gasteiger partial charge is 0.226 e. The fourth-order valence-electron chi connectivity index (χ4n) is 2.69. The highest BCUT2D eigenvalue weighted by molar-refractivity contribution is 5.78. The minimum Gasteiger partial charge on any atom is -0.497 e. The van der Waals surface area contributed by atoms with Crippen molar-refractivity contribution in [3.05, 3.63) is 71.8 Å². The maximum Gasteiger partial charge on any atom is 0.226 e. The summed E-state index contributed by atoms with van der Waals surface area (Å²) < 4.78 is 7.01. The van der Waals surface area contributed by atoms with E-state index in [2.05, 4.69) is 15.4 Å². The lowest BCUT2D eigenvalue weighted by Crippen LogP contribution is -2.28. The number of methoxy groups -OCH3 is 1. The Morgan fingerprint density at radius 3 is 2.92 bits per heavy atom. The van der Waals surface area contributed by atoms with Gasteiger partial charge in [0.25, 0.3) is 0 Å². The molecule has 1 aromatic carbocycles. The van der Waals surface area contributed by atoms with Crippen LogP contribution in [0.5, 0.6) is 5.75 Å². The molecule has 0 aliphatic rings. The van der Waals surface area contributed by atoms with Gasteiger partial charge < -0.3 is 10.1 Å². The van der Waals surface area contributed by atoms with Gasteiger partial charge in [-0.1, -0.05) is 12.1 Å². The van der Waals surface area contributed by atoms with Gasteiger partial charge in [0, 0.05) is 24.0 Å². The lowest BCUT2D eigenvalue weighted by molar-refractivity contribution is -0.121. The van der Waals surface area contributed by atoms with E-state index < -0.39 is 0 Å². The Labute approximate surface area is 152 Å². The number of nitrogens with zero attached hydrogens (tertiary/aromatic N) is 3. The van der Waals surface area contributed by atoms with Gasteiger partial charge in [-0.15, -0.1) is 0 Å². The van der Waals surface area contributed by atoms with Crippen molar-refractivity contribution in [1.29, 1.82) is 0 Å². The molecular weight excluding hydrogens is 328 g/mol. The topological polar surface area (TPSA) is 69.0 Å². The van der Waals surface area contributed by atoms with Gasteiger partial charge in [-0.2, -0.15) is 5.10 Å². The number of carbonyl (C=O) groups excluding carboxylic acids is 1. The third kappa shape index (κ3) is 4.08. The number of carbonyl (C=O) groups is 1. The van der Waals surface area contributed by atoms with Gasteiger partial charge in [-0.3, -0.25) is 9.78 Å². The van der Waals surface area contributed by atoms with E-state index in [1.165, 1.54) is 0 Å². The highest BCUT2D eigenvalue weighted by Gasteiger charge is 2.14. The van der Waals surface area contributed by atoms with Crippen LogP contribution in [0, 0.1) is 6.92 Å². The first-order valence-corrected chi connectivity index (χ1v) is 8.45. The predicted molar refractivity (Wildman–Crippen MR) is 99.4 cm³/mol. The molecular formula is C20H22N4O2. The van der Waals surface area contributed by atoms with Gasteiger partial charge in [0.2, 0.25) is 5.91 Å². The maximum atomic E-state index is 12.3. The highest BCUT2D eigenvalue weighted by Crippen LogP contribution is 2.18. The number of nitrogens with one attached hydrogen (secondary N) is 1. The molecule has 3 rings (SSSR count). The van der Waals surface area contributed by atoms with Crippen LogP contribution in [0.25, 0.3) is 5.69 Å². The summed E-state index contributed by atoms with van der Waals surface area (Å²) in [5, 5.41) is 7.39. The van der Waals surface area contributed by atoms with E-state index >= 15 is 0 Å². The van der Waals surface area contributed by atoms with Crippen molar-refractivity contribution in [2.24, 2.45) is 0 Å². The van der Waals surface area contributed by atoms with E-state index in [0.717, 1.165) is 28.3 Å². The molecule has 0 unspecified atom stereocenters. The van der Waals surface area contributed by atoms with Crippen LogP contribution in [-0.4, -0.2) is 27.8 Å². The van der Waals surface area contributed by atoms with Crippen LogP contribution in [0.3, 0.4) is 0 Å². The predicted octanol–water partition coefficient (Wildman–Crippen LogP) is 3.00. The first-order chi connectivity index (χ1) is 12.6. The Morgan fingerprint density at radius 1 is 1.31 bits per heavy atom. The number of hydrogen-bond donors (Lipinski definition) is 1. The van der Waals surface area contributed by atoms with Crippen LogP contribution < -0.4 is 10.1 Å². The van der Waals surface area contributed by atoms with Crippen LogP contribution in [0.15, 0.2) is 55.0 Å². The average molecular weight is 350 g/mol. The van der Waals surface area contributed by atoms with Crippen molar-refractivity contribution in [1.82, 2.24) is 20.1 Å². The van der Waals surface area contributed by atoms with Gasteiger partial charge in [-0.05, 0) is 37.6 Å². The first kappa shape index (κ1) is 17.7. The Bertz CT molecular complexity index is 904. The molecule has 134 valence electrons. The van der Waals surface area contributed by atoms with E-state index in [0.29, 0.717) is 0 Å². The first-order valence-electron chi connectivity index (χ1n) is 8.45. The Morgan fingerprint density at radius 2 is 2.15 bits per heavy atom. The molecule has 1 amide bonds. The summed E-state index contributed by atoms with van der Waals surface area (Å²) in [4.78, 5) is 16.6. The van der Waals surface area contributed by atoms with Crippen LogP contribution in [0.2, 0.25) is 0 Å². The molecule has 0 saturated heterocycles. The Balaban J connectivity index is 1.67. The third-order valence-corrected chi connectivity index (χ3v) is 4.24. The zero-order valence-electron chi connectivity index (χ0n) is 15.1. The standard InChI is InChI=1S/C20H22N4O2/c1-14-6-5-9-21-19(14)11-20(25)23-15(2)16-12-22-24(13-16)17-7-4-8-18(10-17)26-3/h4-10,12-13,15H,11H2,1-3H3,(H,23,25)/t15-/m0/s1. The van der Waals surface area contributed by atoms with Crippen LogP contribution in [0.1, 0.15) is 29.8 Å². The Hall–Kier alpha value is -3.15. The van der Waals surface area contributed by atoms with Crippen LogP contribution >= 0.6 is 0 Å². The molecule has 1 atom stereocenters. The molecule has 0 bridgehead atoms. The second-order valence-corrected chi connectivity index (χ2v) is 6.15. The summed E-state index contributed by atoms with van der Waals surface area (Å²) in [6.07, 6.45) is 5.64. The molecule has 0 aliphatic carbocycles. The lowest BCUT2D eigenvalue weighted by Gasteiger charge is -2.12. The van der Waals surface area contributed by atoms with Crippen molar-refractivity contribution in [2.45, 2.75) is 26.3 Å². The normalized spacial score (nSPS) is 11.8. The number of benzene rings is 1. The van der Waals surface area contributed by atoms with Crippen molar-refractivity contribution in [3.63, 3.8) is 0 Å². The molecule has 2 aromatic heterocycles. The second kappa shape index (κ2) is 7.82. The highest BCUT2D eigenvalue weighted by atomic mass is 16.5. The molecule has 1 N–H and O–H groups in total. The summed E-state index contributed by atoms with van der Waals surface area (Å²) in [5.41, 5.74) is 3.64. The molecule has 0 fully saturated rings. The molecule has 26 heavy (non-hydrogen) atoms. The second-order valence-electron chi connectivity index (χ2n) is 6.15. The monoisotopic (exact) mass is 350 g/mol. The fourth-order valence-corrected chi connectivity index (χ4v) is 2.69. The number of aromatic nitrogens is 3. The number of pyridine rings is 1. The molecule has 6 heteroatoms. The van der Waals surface area contributed by atoms with E-state index in [9.17, 15) is 4.79 Å². The summed E-state index contributed by atoms with van der Waals surface area (Å²) in [6.45, 7) is 3.90. The van der Waals surface area contributed by atoms with Crippen LogP contribution in [0.4, 0.5) is 0 Å². The molecule has 0 radical (unpaired) electrons. The lowest BCUT2D eigenvalue weighted by atomic mass is 10.1. The number of ether oxygens (including phenoxy) is 1. The van der Waals surface area contributed by atoms with E-state index in [1.54, 1.807) is 24.2 Å². The zero-order valence-corrected chi connectivity index (χ0v) is 15.1. The maximum absolute atomic E-state index is 12.3. The third-order valence-electron chi connectivity index (χ3n) is 4.24. The van der Waals surface area contributed by atoms with Gasteiger partial charge in [0.15, 0.2) is 0 Å². The van der Waals surface area contributed by atoms with Crippen molar-refractivity contribution in [2.75, 3.05) is 7.11 Å². The van der Waals surface area contributed by atoms with Gasteiger partial charge in [-0.25, -0.2) is 4.68 Å². The van der Waals surface area contributed by atoms with Gasteiger partial charge >= 0.3 is 0 Å². The van der Waals surface area contributed by atoms with Gasteiger partial charge in [0.1, 0.15) is 5.75 Å². The molecule has 0 aliphatic heterocycles.